The van der Waals surface area contributed by atoms with Gasteiger partial charge in [0.05, 0.1) is 5.69 Å². The molecule has 1 aliphatic rings. The topological polar surface area (TPSA) is 33.1 Å². The van der Waals surface area contributed by atoms with Crippen molar-refractivity contribution >= 4 is 24.8 Å². The van der Waals surface area contributed by atoms with E-state index in [0.29, 0.717) is 0 Å². The van der Waals surface area contributed by atoms with Crippen LogP contribution in [0.25, 0.3) is 5.69 Å². The zero-order valence-corrected chi connectivity index (χ0v) is 13.5. The first-order chi connectivity index (χ1) is 9.72. The molecule has 4 nitrogen and oxygen atoms in total. The van der Waals surface area contributed by atoms with Gasteiger partial charge in [0.2, 0.25) is 0 Å². The molecule has 0 unspecified atom stereocenters. The molecule has 2 aromatic rings. The molecule has 1 aromatic carbocycles. The van der Waals surface area contributed by atoms with Crippen molar-refractivity contribution in [3.63, 3.8) is 0 Å². The first-order valence-electron chi connectivity index (χ1n) is 6.65. The van der Waals surface area contributed by atoms with Crippen LogP contribution in [0.1, 0.15) is 5.69 Å². The molecule has 22 heavy (non-hydrogen) atoms. The summed E-state index contributed by atoms with van der Waals surface area (Å²) in [6, 6.07) is 5.36. The molecular formula is C14H18Cl2F2N4. The summed E-state index contributed by atoms with van der Waals surface area (Å²) in [6.07, 6.45) is 1.70. The van der Waals surface area contributed by atoms with Gasteiger partial charge in [-0.15, -0.1) is 24.8 Å². The van der Waals surface area contributed by atoms with E-state index in [0.717, 1.165) is 44.5 Å². The van der Waals surface area contributed by atoms with E-state index >= 15 is 0 Å². The molecule has 2 heterocycles. The number of nitrogens with one attached hydrogen (secondary N) is 1. The van der Waals surface area contributed by atoms with Crippen molar-refractivity contribution in [2.75, 3.05) is 26.2 Å². The van der Waals surface area contributed by atoms with Crippen LogP contribution < -0.4 is 5.32 Å². The van der Waals surface area contributed by atoms with Gasteiger partial charge in [0.15, 0.2) is 5.82 Å². The lowest BCUT2D eigenvalue weighted by molar-refractivity contribution is 0.230. The highest BCUT2D eigenvalue weighted by Crippen LogP contribution is 2.15. The van der Waals surface area contributed by atoms with E-state index in [-0.39, 0.29) is 30.5 Å². The Morgan fingerprint density at radius 3 is 2.50 bits per heavy atom. The highest BCUT2D eigenvalue weighted by Gasteiger charge is 2.12. The molecule has 0 saturated carbocycles. The smallest absolute Gasteiger partial charge is 0.151 e. The predicted octanol–water partition coefficient (Wildman–Crippen LogP) is 2.40. The summed E-state index contributed by atoms with van der Waals surface area (Å²) in [6.45, 7) is 4.67. The summed E-state index contributed by atoms with van der Waals surface area (Å²) in [7, 11) is 0. The first-order valence-corrected chi connectivity index (χ1v) is 6.65. The molecular weight excluding hydrogens is 333 g/mol. The van der Waals surface area contributed by atoms with E-state index in [4.69, 9.17) is 0 Å². The Morgan fingerprint density at radius 1 is 1.09 bits per heavy atom. The Labute approximate surface area is 140 Å². The molecule has 0 radical (unpaired) electrons. The Bertz CT molecular complexity index is 600. The van der Waals surface area contributed by atoms with Crippen LogP contribution in [-0.2, 0) is 6.54 Å². The fourth-order valence-electron chi connectivity index (χ4n) is 2.35. The Morgan fingerprint density at radius 2 is 1.82 bits per heavy atom. The number of hydrogen-bond donors (Lipinski definition) is 1. The molecule has 1 aromatic heterocycles. The average Bonchev–Trinajstić information content (AvgIpc) is 2.88. The monoisotopic (exact) mass is 350 g/mol. The number of halogens is 4. The molecule has 122 valence electrons. The molecule has 1 aliphatic heterocycles. The second-order valence-electron chi connectivity index (χ2n) is 4.87. The molecule has 8 heteroatoms. The fraction of sp³-hybridized carbons (Fsp3) is 0.357. The van der Waals surface area contributed by atoms with E-state index in [9.17, 15) is 8.78 Å². The minimum Gasteiger partial charge on any atom is -0.314 e. The van der Waals surface area contributed by atoms with Gasteiger partial charge < -0.3 is 5.32 Å². The fourth-order valence-corrected chi connectivity index (χ4v) is 2.35. The maximum absolute atomic E-state index is 13.7. The van der Waals surface area contributed by atoms with Crippen LogP contribution in [0.4, 0.5) is 8.78 Å². The van der Waals surface area contributed by atoms with E-state index in [1.807, 2.05) is 6.07 Å². The minimum absolute atomic E-state index is 0. The van der Waals surface area contributed by atoms with Gasteiger partial charge in [-0.05, 0) is 18.2 Å². The van der Waals surface area contributed by atoms with Crippen molar-refractivity contribution < 1.29 is 8.78 Å². The van der Waals surface area contributed by atoms with Crippen LogP contribution in [0.3, 0.4) is 0 Å². The normalized spacial score (nSPS) is 15.0. The van der Waals surface area contributed by atoms with Crippen molar-refractivity contribution in [3.8, 4) is 5.69 Å². The van der Waals surface area contributed by atoms with E-state index in [2.05, 4.69) is 15.3 Å². The Hall–Kier alpha value is -1.21. The van der Waals surface area contributed by atoms with E-state index in [1.54, 1.807) is 6.20 Å². The lowest BCUT2D eigenvalue weighted by Gasteiger charge is -2.26. The summed E-state index contributed by atoms with van der Waals surface area (Å²) < 4.78 is 28.0. The predicted molar refractivity (Wildman–Crippen MR) is 86.1 cm³/mol. The summed E-state index contributed by atoms with van der Waals surface area (Å²) in [4.78, 5) is 2.30. The van der Waals surface area contributed by atoms with Gasteiger partial charge in [0, 0.05) is 45.0 Å². The third-order valence-electron chi connectivity index (χ3n) is 3.40. The standard InChI is InChI=1S/C14H16F2N4.2ClH/c15-11-1-2-14(13(16)9-11)20-6-3-12(18-20)10-19-7-4-17-5-8-19;;/h1-3,6,9,17H,4-5,7-8,10H2;2*1H. The van der Waals surface area contributed by atoms with Crippen molar-refractivity contribution in [2.45, 2.75) is 6.54 Å². The number of rotatable bonds is 3. The second-order valence-corrected chi connectivity index (χ2v) is 4.87. The molecule has 0 aliphatic carbocycles. The molecule has 0 bridgehead atoms. The van der Waals surface area contributed by atoms with Gasteiger partial charge >= 0.3 is 0 Å². The second kappa shape index (κ2) is 8.43. The average molecular weight is 351 g/mol. The Kier molecular flexibility index (Phi) is 7.22. The number of benzene rings is 1. The number of piperazine rings is 1. The van der Waals surface area contributed by atoms with Gasteiger partial charge in [0.25, 0.3) is 0 Å². The maximum atomic E-state index is 13.7. The summed E-state index contributed by atoms with van der Waals surface area (Å²) in [5.74, 6) is -1.19. The van der Waals surface area contributed by atoms with Crippen molar-refractivity contribution in [3.05, 3.63) is 47.8 Å². The summed E-state index contributed by atoms with van der Waals surface area (Å²) in [5.41, 5.74) is 1.15. The van der Waals surface area contributed by atoms with Gasteiger partial charge in [-0.3, -0.25) is 4.90 Å². The number of hydrogen-bond acceptors (Lipinski definition) is 3. The molecule has 3 rings (SSSR count). The quantitative estimate of drug-likeness (QED) is 0.922. The third-order valence-corrected chi connectivity index (χ3v) is 3.40. The van der Waals surface area contributed by atoms with Crippen LogP contribution in [0.5, 0.6) is 0 Å². The van der Waals surface area contributed by atoms with E-state index in [1.165, 1.54) is 16.8 Å². The number of aromatic nitrogens is 2. The number of nitrogens with zero attached hydrogens (tertiary/aromatic N) is 3. The minimum atomic E-state index is -0.609. The molecule has 0 amide bonds. The molecule has 1 fully saturated rings. The van der Waals surface area contributed by atoms with Crippen LogP contribution in [0.15, 0.2) is 30.5 Å². The Balaban J connectivity index is 0.00000121. The highest BCUT2D eigenvalue weighted by atomic mass is 35.5. The summed E-state index contributed by atoms with van der Waals surface area (Å²) in [5, 5.41) is 7.65. The maximum Gasteiger partial charge on any atom is 0.151 e. The molecule has 1 saturated heterocycles. The van der Waals surface area contributed by atoms with Crippen LogP contribution >= 0.6 is 24.8 Å². The molecule has 0 spiro atoms. The van der Waals surface area contributed by atoms with Gasteiger partial charge in [-0.2, -0.15) is 5.10 Å². The third kappa shape index (κ3) is 4.39. The van der Waals surface area contributed by atoms with Crippen molar-refractivity contribution in [2.24, 2.45) is 0 Å². The van der Waals surface area contributed by atoms with Crippen LogP contribution in [0, 0.1) is 11.6 Å². The van der Waals surface area contributed by atoms with E-state index < -0.39 is 11.6 Å². The molecule has 0 atom stereocenters. The van der Waals surface area contributed by atoms with Crippen LogP contribution in [-0.4, -0.2) is 40.9 Å². The first kappa shape index (κ1) is 18.8. The zero-order chi connectivity index (χ0) is 13.9. The van der Waals surface area contributed by atoms with Crippen molar-refractivity contribution in [1.29, 1.82) is 0 Å². The lowest BCUT2D eigenvalue weighted by atomic mass is 10.3. The van der Waals surface area contributed by atoms with Crippen molar-refractivity contribution in [1.82, 2.24) is 20.0 Å². The SMILES string of the molecule is Cl.Cl.Fc1ccc(-n2ccc(CN3CCNCC3)n2)c(F)c1. The van der Waals surface area contributed by atoms with Crippen LogP contribution in [0.2, 0.25) is 0 Å². The highest BCUT2D eigenvalue weighted by molar-refractivity contribution is 5.85. The largest absolute Gasteiger partial charge is 0.314 e. The lowest BCUT2D eigenvalue weighted by Crippen LogP contribution is -2.42. The van der Waals surface area contributed by atoms with Gasteiger partial charge in [0.1, 0.15) is 11.5 Å². The van der Waals surface area contributed by atoms with Gasteiger partial charge in [-0.1, -0.05) is 0 Å². The zero-order valence-electron chi connectivity index (χ0n) is 11.8. The summed E-state index contributed by atoms with van der Waals surface area (Å²) >= 11 is 0. The van der Waals surface area contributed by atoms with Gasteiger partial charge in [-0.25, -0.2) is 13.5 Å². The molecule has 1 N–H and O–H groups in total.